The number of amides is 1. The standard InChI is InChI=1S/C53H101NO8/c1-3-5-7-9-11-13-15-17-19-20-21-22-23-24-25-26-27-28-29-31-33-35-37-39-41-43-49(57)54-46(45-61-53-52(60)51(59)50(58)48(44-55)62-53)47(56)42-40-38-36-34-32-30-18-16-14-12-10-8-6-4-2/h24-25,40,42,46-48,50-53,55-56,58-60H,3-23,26-39,41,43-45H2,1-2H3,(H,54,57)/b25-24-,42-40+. The van der Waals surface area contributed by atoms with Gasteiger partial charge in [0, 0.05) is 6.42 Å². The van der Waals surface area contributed by atoms with E-state index in [0.717, 1.165) is 38.5 Å². The third-order valence-electron chi connectivity index (χ3n) is 12.8. The largest absolute Gasteiger partial charge is 0.394 e. The number of hydrogen-bond acceptors (Lipinski definition) is 8. The maximum atomic E-state index is 13.0. The molecule has 1 aliphatic heterocycles. The second-order valence-corrected chi connectivity index (χ2v) is 18.7. The molecule has 0 saturated carbocycles. The third-order valence-corrected chi connectivity index (χ3v) is 12.8. The zero-order valence-corrected chi connectivity index (χ0v) is 40.4. The summed E-state index contributed by atoms with van der Waals surface area (Å²) >= 11 is 0. The summed E-state index contributed by atoms with van der Waals surface area (Å²) in [6, 6.07) is -0.803. The molecule has 1 fully saturated rings. The lowest BCUT2D eigenvalue weighted by Gasteiger charge is -2.40. The molecule has 1 aliphatic rings. The van der Waals surface area contributed by atoms with Crippen molar-refractivity contribution in [3.63, 3.8) is 0 Å². The monoisotopic (exact) mass is 880 g/mol. The lowest BCUT2D eigenvalue weighted by Crippen LogP contribution is -2.60. The minimum absolute atomic E-state index is 0.177. The first kappa shape index (κ1) is 58.7. The summed E-state index contributed by atoms with van der Waals surface area (Å²) in [5, 5.41) is 54.3. The molecule has 0 aromatic rings. The summed E-state index contributed by atoms with van der Waals surface area (Å²) in [6.07, 6.45) is 46.6. The highest BCUT2D eigenvalue weighted by atomic mass is 16.7. The van der Waals surface area contributed by atoms with Gasteiger partial charge in [0.2, 0.25) is 5.91 Å². The SMILES string of the molecule is CCCCCCCCCCCCCC/C=C\CCCCCCCCCCCC(=O)NC(COC1OC(CO)C(O)C(O)C1O)C(O)/C=C/CCCCCCCCCCCCCC. The van der Waals surface area contributed by atoms with E-state index in [4.69, 9.17) is 9.47 Å². The topological polar surface area (TPSA) is 149 Å². The number of rotatable bonds is 45. The van der Waals surface area contributed by atoms with Crippen LogP contribution in [0.1, 0.15) is 251 Å². The predicted molar refractivity (Wildman–Crippen MR) is 258 cm³/mol. The van der Waals surface area contributed by atoms with E-state index >= 15 is 0 Å². The molecule has 62 heavy (non-hydrogen) atoms. The molecule has 6 N–H and O–H groups in total. The first-order chi connectivity index (χ1) is 30.3. The lowest BCUT2D eigenvalue weighted by atomic mass is 9.99. The predicted octanol–water partition coefficient (Wildman–Crippen LogP) is 12.2. The summed E-state index contributed by atoms with van der Waals surface area (Å²) in [5.74, 6) is -0.177. The molecule has 0 aromatic heterocycles. The average Bonchev–Trinajstić information content (AvgIpc) is 3.27. The van der Waals surface area contributed by atoms with Crippen LogP contribution in [0, 0.1) is 0 Å². The fourth-order valence-electron chi connectivity index (χ4n) is 8.51. The van der Waals surface area contributed by atoms with E-state index < -0.39 is 49.5 Å². The Morgan fingerprint density at radius 3 is 1.31 bits per heavy atom. The van der Waals surface area contributed by atoms with E-state index in [1.165, 1.54) is 193 Å². The van der Waals surface area contributed by atoms with Crippen molar-refractivity contribution in [3.8, 4) is 0 Å². The normalized spacial score (nSPS) is 20.4. The maximum absolute atomic E-state index is 13.0. The molecule has 1 rings (SSSR count). The van der Waals surface area contributed by atoms with Crippen molar-refractivity contribution >= 4 is 5.91 Å². The van der Waals surface area contributed by atoms with Crippen LogP contribution >= 0.6 is 0 Å². The maximum Gasteiger partial charge on any atom is 0.220 e. The summed E-state index contributed by atoms with van der Waals surface area (Å²) in [4.78, 5) is 13.0. The first-order valence-corrected chi connectivity index (χ1v) is 26.6. The molecule has 1 saturated heterocycles. The van der Waals surface area contributed by atoms with Crippen LogP contribution in [0.15, 0.2) is 24.3 Å². The summed E-state index contributed by atoms with van der Waals surface area (Å²) < 4.78 is 11.2. The summed E-state index contributed by atoms with van der Waals surface area (Å²) in [6.45, 7) is 3.79. The zero-order chi connectivity index (χ0) is 45.1. The van der Waals surface area contributed by atoms with Crippen molar-refractivity contribution in [2.45, 2.75) is 294 Å². The van der Waals surface area contributed by atoms with Gasteiger partial charge in [-0.15, -0.1) is 0 Å². The molecule has 0 bridgehead atoms. The van der Waals surface area contributed by atoms with Crippen LogP contribution in [0.3, 0.4) is 0 Å². The van der Waals surface area contributed by atoms with E-state index in [0.29, 0.717) is 6.42 Å². The summed E-state index contributed by atoms with van der Waals surface area (Å²) in [5.41, 5.74) is 0. The molecule has 7 atom stereocenters. The number of allylic oxidation sites excluding steroid dienone is 3. The van der Waals surface area contributed by atoms with E-state index in [1.807, 2.05) is 6.08 Å². The Hall–Kier alpha value is -1.33. The Balaban J connectivity index is 2.23. The number of carbonyl (C=O) groups excluding carboxylic acids is 1. The van der Waals surface area contributed by atoms with Gasteiger partial charge in [-0.1, -0.05) is 224 Å². The second-order valence-electron chi connectivity index (χ2n) is 18.7. The van der Waals surface area contributed by atoms with Crippen LogP contribution in [-0.2, 0) is 14.3 Å². The van der Waals surface area contributed by atoms with Crippen molar-refractivity contribution in [2.75, 3.05) is 13.2 Å². The molecule has 1 amide bonds. The van der Waals surface area contributed by atoms with E-state index in [1.54, 1.807) is 6.08 Å². The molecular weight excluding hydrogens is 779 g/mol. The number of nitrogens with one attached hydrogen (secondary N) is 1. The smallest absolute Gasteiger partial charge is 0.220 e. The highest BCUT2D eigenvalue weighted by Crippen LogP contribution is 2.23. The zero-order valence-electron chi connectivity index (χ0n) is 40.4. The molecule has 7 unspecified atom stereocenters. The van der Waals surface area contributed by atoms with Gasteiger partial charge in [0.25, 0.3) is 0 Å². The van der Waals surface area contributed by atoms with Gasteiger partial charge in [-0.3, -0.25) is 4.79 Å². The van der Waals surface area contributed by atoms with Crippen molar-refractivity contribution in [1.29, 1.82) is 0 Å². The van der Waals surface area contributed by atoms with Crippen LogP contribution in [-0.4, -0.2) is 87.5 Å². The molecule has 9 heteroatoms. The van der Waals surface area contributed by atoms with Crippen molar-refractivity contribution < 1.29 is 39.8 Å². The van der Waals surface area contributed by atoms with Gasteiger partial charge in [-0.2, -0.15) is 0 Å². The van der Waals surface area contributed by atoms with Crippen LogP contribution in [0.5, 0.6) is 0 Å². The van der Waals surface area contributed by atoms with Gasteiger partial charge in [-0.05, 0) is 44.9 Å². The molecule has 1 heterocycles. The Labute approximate surface area is 381 Å². The van der Waals surface area contributed by atoms with Gasteiger partial charge in [0.1, 0.15) is 24.4 Å². The highest BCUT2D eigenvalue weighted by Gasteiger charge is 2.44. The number of carbonyl (C=O) groups is 1. The Morgan fingerprint density at radius 2 is 0.903 bits per heavy atom. The first-order valence-electron chi connectivity index (χ1n) is 26.6. The van der Waals surface area contributed by atoms with Crippen molar-refractivity contribution in [2.24, 2.45) is 0 Å². The van der Waals surface area contributed by atoms with Crippen LogP contribution < -0.4 is 5.32 Å². The van der Waals surface area contributed by atoms with Crippen molar-refractivity contribution in [3.05, 3.63) is 24.3 Å². The number of hydrogen-bond donors (Lipinski definition) is 6. The third kappa shape index (κ3) is 33.2. The number of aliphatic hydroxyl groups is 5. The molecule has 0 aromatic carbocycles. The molecule has 0 aliphatic carbocycles. The van der Waals surface area contributed by atoms with E-state index in [2.05, 4.69) is 31.3 Å². The average molecular weight is 880 g/mol. The highest BCUT2D eigenvalue weighted by molar-refractivity contribution is 5.76. The minimum Gasteiger partial charge on any atom is -0.394 e. The van der Waals surface area contributed by atoms with Crippen molar-refractivity contribution in [1.82, 2.24) is 5.32 Å². The molecule has 9 nitrogen and oxygen atoms in total. The van der Waals surface area contributed by atoms with Crippen LogP contribution in [0.2, 0.25) is 0 Å². The van der Waals surface area contributed by atoms with E-state index in [9.17, 15) is 30.3 Å². The number of aliphatic hydroxyl groups excluding tert-OH is 5. The Morgan fingerprint density at radius 1 is 0.532 bits per heavy atom. The van der Waals surface area contributed by atoms with Gasteiger partial charge < -0.3 is 40.3 Å². The number of unbranched alkanes of at least 4 members (excludes halogenated alkanes) is 33. The van der Waals surface area contributed by atoms with Crippen LogP contribution in [0.4, 0.5) is 0 Å². The lowest BCUT2D eigenvalue weighted by molar-refractivity contribution is -0.302. The van der Waals surface area contributed by atoms with Gasteiger partial charge in [0.05, 0.1) is 25.4 Å². The van der Waals surface area contributed by atoms with Gasteiger partial charge >= 0.3 is 0 Å². The number of ether oxygens (including phenoxy) is 2. The fraction of sp³-hybridized carbons (Fsp3) is 0.906. The minimum atomic E-state index is -1.56. The molecule has 0 radical (unpaired) electrons. The second kappa shape index (κ2) is 43.6. The Bertz CT molecular complexity index is 1020. The van der Waals surface area contributed by atoms with E-state index in [-0.39, 0.29) is 12.5 Å². The molecule has 0 spiro atoms. The fourth-order valence-corrected chi connectivity index (χ4v) is 8.51. The quantitative estimate of drug-likeness (QED) is 0.0262. The molecule has 366 valence electrons. The van der Waals surface area contributed by atoms with Crippen LogP contribution in [0.25, 0.3) is 0 Å². The van der Waals surface area contributed by atoms with Gasteiger partial charge in [0.15, 0.2) is 6.29 Å². The summed E-state index contributed by atoms with van der Waals surface area (Å²) in [7, 11) is 0. The molecular formula is C53H101NO8. The van der Waals surface area contributed by atoms with Gasteiger partial charge in [-0.25, -0.2) is 0 Å². The Kier molecular flexibility index (Phi) is 41.2.